The Bertz CT molecular complexity index is 750. The smallest absolute Gasteiger partial charge is 0.0621 e. The minimum atomic E-state index is -0.233. The van der Waals surface area contributed by atoms with E-state index in [1.807, 2.05) is 0 Å². The van der Waals surface area contributed by atoms with Crippen molar-refractivity contribution in [1.29, 1.82) is 0 Å². The molecule has 1 aliphatic rings. The minimum Gasteiger partial charge on any atom is -0.392 e. The summed E-state index contributed by atoms with van der Waals surface area (Å²) in [5.41, 5.74) is 5.54. The maximum Gasteiger partial charge on any atom is 0.0621 e. The van der Waals surface area contributed by atoms with Gasteiger partial charge in [0, 0.05) is 42.6 Å². The molecule has 1 radical (unpaired) electrons. The van der Waals surface area contributed by atoms with E-state index in [1.165, 1.54) is 22.3 Å². The van der Waals surface area contributed by atoms with Gasteiger partial charge in [-0.3, -0.25) is 0 Å². The molecule has 1 N–H and O–H groups in total. The Morgan fingerprint density at radius 1 is 1.07 bits per heavy atom. The van der Waals surface area contributed by atoms with Gasteiger partial charge in [-0.1, -0.05) is 97.5 Å². The van der Waals surface area contributed by atoms with E-state index in [1.54, 1.807) is 0 Å². The summed E-state index contributed by atoms with van der Waals surface area (Å²) in [7, 11) is 0. The topological polar surface area (TPSA) is 20.2 Å². The molecule has 0 aliphatic heterocycles. The number of hydrogen-bond acceptors (Lipinski definition) is 1. The first-order chi connectivity index (χ1) is 12.8. The zero-order valence-corrected chi connectivity index (χ0v) is 22.4. The fraction of sp³-hybridized carbons (Fsp3) is 0.480. The van der Waals surface area contributed by atoms with Crippen molar-refractivity contribution in [2.45, 2.75) is 67.8 Å². The van der Waals surface area contributed by atoms with E-state index in [0.29, 0.717) is 9.84 Å². The maximum absolute atomic E-state index is 10.7. The zero-order valence-electron chi connectivity index (χ0n) is 17.4. The SMILES string of the molecule is [CH2-]Cc1ccc([C@H]2C(O)CC(I)[C@@H]2CCc2cccc(C(C)(C)C)c2)cc1.[Y]. The van der Waals surface area contributed by atoms with Crippen molar-refractivity contribution < 1.29 is 37.8 Å². The van der Waals surface area contributed by atoms with Crippen LogP contribution in [0.15, 0.2) is 48.5 Å². The van der Waals surface area contributed by atoms with Crippen molar-refractivity contribution in [2.75, 3.05) is 0 Å². The summed E-state index contributed by atoms with van der Waals surface area (Å²) < 4.78 is 0.529. The van der Waals surface area contributed by atoms with Gasteiger partial charge >= 0.3 is 0 Å². The summed E-state index contributed by atoms with van der Waals surface area (Å²) in [4.78, 5) is 0. The maximum atomic E-state index is 10.7. The van der Waals surface area contributed by atoms with Crippen LogP contribution in [0.3, 0.4) is 0 Å². The van der Waals surface area contributed by atoms with Crippen LogP contribution in [0.4, 0.5) is 0 Å². The van der Waals surface area contributed by atoms with Crippen LogP contribution in [0.1, 0.15) is 61.8 Å². The molecule has 0 bridgehead atoms. The molecule has 1 saturated carbocycles. The van der Waals surface area contributed by atoms with Gasteiger partial charge in [-0.25, -0.2) is 0 Å². The van der Waals surface area contributed by atoms with E-state index in [-0.39, 0.29) is 50.1 Å². The molecule has 0 heterocycles. The van der Waals surface area contributed by atoms with Crippen LogP contribution in [0, 0.1) is 12.8 Å². The Kier molecular flexibility index (Phi) is 9.20. The second kappa shape index (κ2) is 10.5. The van der Waals surface area contributed by atoms with Gasteiger partial charge in [-0.2, -0.15) is 6.42 Å². The number of hydrogen-bond donors (Lipinski definition) is 1. The van der Waals surface area contributed by atoms with E-state index >= 15 is 0 Å². The molecule has 2 unspecified atom stereocenters. The normalized spacial score (nSPS) is 24.8. The predicted octanol–water partition coefficient (Wildman–Crippen LogP) is 6.26. The molecular formula is C25H32IOY-. The van der Waals surface area contributed by atoms with Crippen LogP contribution in [0.25, 0.3) is 0 Å². The van der Waals surface area contributed by atoms with Crippen LogP contribution in [-0.2, 0) is 51.0 Å². The van der Waals surface area contributed by atoms with Gasteiger partial charge in [-0.15, -0.1) is 0 Å². The quantitative estimate of drug-likeness (QED) is 0.259. The molecule has 0 spiro atoms. The van der Waals surface area contributed by atoms with Crippen molar-refractivity contribution in [3.05, 3.63) is 77.7 Å². The number of aliphatic hydroxyl groups excluding tert-OH is 1. The molecule has 0 saturated heterocycles. The van der Waals surface area contributed by atoms with Crippen molar-refractivity contribution >= 4 is 22.6 Å². The standard InChI is InChI=1S/C25H32IO.Y/c1-5-17-9-12-19(13-10-17)24-21(22(26)16-23(24)27)14-11-18-7-6-8-20(15-18)25(2,3)4;/h6-10,12-13,15,21-24,27H,1,5,11,14,16H2,2-4H3;/q-1;/t21-,22?,23?,24+;/m0./s1. The van der Waals surface area contributed by atoms with Gasteiger partial charge in [0.1, 0.15) is 0 Å². The summed E-state index contributed by atoms with van der Waals surface area (Å²) in [5, 5.41) is 10.7. The summed E-state index contributed by atoms with van der Waals surface area (Å²) in [6.07, 6.45) is 3.68. The fourth-order valence-electron chi connectivity index (χ4n) is 4.33. The van der Waals surface area contributed by atoms with E-state index in [0.717, 1.165) is 25.7 Å². The van der Waals surface area contributed by atoms with Crippen LogP contribution in [-0.4, -0.2) is 15.1 Å². The average molecular weight is 564 g/mol. The van der Waals surface area contributed by atoms with Crippen molar-refractivity contribution in [3.8, 4) is 0 Å². The molecule has 149 valence electrons. The van der Waals surface area contributed by atoms with Crippen molar-refractivity contribution in [3.63, 3.8) is 0 Å². The van der Waals surface area contributed by atoms with Gasteiger partial charge in [0.25, 0.3) is 0 Å². The Balaban J connectivity index is 0.00000280. The third-order valence-electron chi connectivity index (χ3n) is 6.02. The first kappa shape index (κ1) is 24.5. The number of aliphatic hydroxyl groups is 1. The monoisotopic (exact) mass is 564 g/mol. The average Bonchev–Trinajstić information content (AvgIpc) is 2.93. The van der Waals surface area contributed by atoms with Crippen LogP contribution < -0.4 is 0 Å². The summed E-state index contributed by atoms with van der Waals surface area (Å²) >= 11 is 2.56. The molecular weight excluding hydrogens is 532 g/mol. The fourth-order valence-corrected chi connectivity index (χ4v) is 5.65. The summed E-state index contributed by atoms with van der Waals surface area (Å²) in [6, 6.07) is 17.8. The molecule has 2 aromatic carbocycles. The first-order valence-corrected chi connectivity index (χ1v) is 11.3. The molecule has 2 aromatic rings. The summed E-state index contributed by atoms with van der Waals surface area (Å²) in [6.45, 7) is 10.8. The van der Waals surface area contributed by atoms with Crippen LogP contribution >= 0.6 is 22.6 Å². The Hall–Kier alpha value is 0.234. The van der Waals surface area contributed by atoms with E-state index in [9.17, 15) is 5.11 Å². The molecule has 1 nitrogen and oxygen atoms in total. The van der Waals surface area contributed by atoms with Gasteiger partial charge in [0.15, 0.2) is 0 Å². The van der Waals surface area contributed by atoms with Gasteiger partial charge in [0.2, 0.25) is 0 Å². The van der Waals surface area contributed by atoms with Gasteiger partial charge < -0.3 is 12.0 Å². The third-order valence-corrected chi connectivity index (χ3v) is 7.45. The number of alkyl halides is 1. The first-order valence-electron chi connectivity index (χ1n) is 10.1. The zero-order chi connectivity index (χ0) is 19.6. The minimum absolute atomic E-state index is 0. The van der Waals surface area contributed by atoms with Crippen molar-refractivity contribution in [1.82, 2.24) is 0 Å². The van der Waals surface area contributed by atoms with E-state index in [2.05, 4.69) is 98.8 Å². The number of halogens is 1. The number of aryl methyl sites for hydroxylation is 1. The van der Waals surface area contributed by atoms with Crippen LogP contribution in [0.2, 0.25) is 0 Å². The Labute approximate surface area is 210 Å². The van der Waals surface area contributed by atoms with Crippen molar-refractivity contribution in [2.24, 2.45) is 5.92 Å². The van der Waals surface area contributed by atoms with E-state index in [4.69, 9.17) is 0 Å². The second-order valence-corrected chi connectivity index (χ2v) is 10.6. The molecule has 0 aromatic heterocycles. The third kappa shape index (κ3) is 5.89. The predicted molar refractivity (Wildman–Crippen MR) is 124 cm³/mol. The molecule has 0 amide bonds. The molecule has 4 atom stereocenters. The van der Waals surface area contributed by atoms with Crippen LogP contribution in [0.5, 0.6) is 0 Å². The molecule has 1 aliphatic carbocycles. The molecule has 28 heavy (non-hydrogen) atoms. The largest absolute Gasteiger partial charge is 0.392 e. The second-order valence-electron chi connectivity index (χ2n) is 8.99. The van der Waals surface area contributed by atoms with Gasteiger partial charge in [0.05, 0.1) is 6.10 Å². The van der Waals surface area contributed by atoms with E-state index < -0.39 is 0 Å². The van der Waals surface area contributed by atoms with Gasteiger partial charge in [-0.05, 0) is 47.3 Å². The number of rotatable bonds is 5. The Morgan fingerprint density at radius 3 is 2.36 bits per heavy atom. The summed E-state index contributed by atoms with van der Waals surface area (Å²) in [5.74, 6) is 0.765. The molecule has 3 heteroatoms. The Morgan fingerprint density at radius 2 is 1.75 bits per heavy atom. The molecule has 3 rings (SSSR count). The molecule has 1 fully saturated rings. The number of benzene rings is 2.